The normalized spacial score (nSPS) is 12.5. The van der Waals surface area contributed by atoms with Gasteiger partial charge >= 0.3 is 0 Å². The number of halogens is 1. The number of rotatable bonds is 7. The van der Waals surface area contributed by atoms with Crippen molar-refractivity contribution in [3.05, 3.63) is 0 Å². The Morgan fingerprint density at radius 2 is 2.23 bits per heavy atom. The molecule has 0 aromatic heterocycles. The molecular weight excluding hydrogens is 250 g/mol. The summed E-state index contributed by atoms with van der Waals surface area (Å²) in [7, 11) is 0. The Kier molecular flexibility index (Phi) is 9.08. The zero-order valence-corrected chi connectivity index (χ0v) is 10.7. The van der Waals surface area contributed by atoms with Crippen molar-refractivity contribution in [3.8, 4) is 0 Å². The largest absolute Gasteiger partial charge is 0.355 e. The van der Waals surface area contributed by atoms with Crippen molar-refractivity contribution < 1.29 is 4.79 Å². The second-order valence-corrected chi connectivity index (χ2v) is 4.96. The maximum atomic E-state index is 11.2. The molecule has 0 bridgehead atoms. The molecule has 1 amide bonds. The number of thioether (sulfide) groups is 1. The van der Waals surface area contributed by atoms with Crippen LogP contribution in [0.2, 0.25) is 0 Å². The molecule has 78 valence electrons. The van der Waals surface area contributed by atoms with Crippen LogP contribution in [0.25, 0.3) is 0 Å². The third-order valence-corrected chi connectivity index (χ3v) is 3.48. The van der Waals surface area contributed by atoms with Crippen LogP contribution in [0.5, 0.6) is 0 Å². The molecular formula is C9H18BrNOS. The number of hydrogen-bond acceptors (Lipinski definition) is 2. The zero-order valence-electron chi connectivity index (χ0n) is 8.31. The highest BCUT2D eigenvalue weighted by molar-refractivity contribution is 9.10. The maximum Gasteiger partial charge on any atom is 0.233 e. The molecule has 0 aliphatic heterocycles. The summed E-state index contributed by atoms with van der Waals surface area (Å²) in [6.45, 7) is 2.80. The van der Waals surface area contributed by atoms with E-state index in [4.69, 9.17) is 0 Å². The first-order valence-corrected chi connectivity index (χ1v) is 6.94. The molecule has 1 unspecified atom stereocenters. The molecule has 0 aromatic carbocycles. The minimum absolute atomic E-state index is 0.0203. The SMILES string of the molecule is CCC(Br)C(=O)NCCCCSC. The van der Waals surface area contributed by atoms with Gasteiger partial charge in [-0.15, -0.1) is 0 Å². The number of hydrogen-bond donors (Lipinski definition) is 1. The predicted molar refractivity (Wildman–Crippen MR) is 63.6 cm³/mol. The second kappa shape index (κ2) is 8.88. The zero-order chi connectivity index (χ0) is 10.1. The van der Waals surface area contributed by atoms with E-state index in [0.29, 0.717) is 0 Å². The molecule has 0 saturated heterocycles. The summed E-state index contributed by atoms with van der Waals surface area (Å²) < 4.78 is 0. The van der Waals surface area contributed by atoms with Crippen LogP contribution in [0, 0.1) is 0 Å². The molecule has 0 fully saturated rings. The van der Waals surface area contributed by atoms with Gasteiger partial charge in [-0.3, -0.25) is 4.79 Å². The van der Waals surface area contributed by atoms with Crippen LogP contribution in [0.15, 0.2) is 0 Å². The molecule has 1 atom stereocenters. The Balaban J connectivity index is 3.27. The van der Waals surface area contributed by atoms with Crippen molar-refractivity contribution in [1.29, 1.82) is 0 Å². The number of unbranched alkanes of at least 4 members (excludes halogenated alkanes) is 1. The summed E-state index contributed by atoms with van der Waals surface area (Å²) in [5, 5.41) is 2.90. The van der Waals surface area contributed by atoms with Crippen molar-refractivity contribution in [1.82, 2.24) is 5.32 Å². The fraction of sp³-hybridized carbons (Fsp3) is 0.889. The lowest BCUT2D eigenvalue weighted by Gasteiger charge is -2.07. The molecule has 0 heterocycles. The van der Waals surface area contributed by atoms with Gasteiger partial charge in [-0.1, -0.05) is 22.9 Å². The number of carbonyl (C=O) groups excluding carboxylic acids is 1. The summed E-state index contributed by atoms with van der Waals surface area (Å²) in [6.07, 6.45) is 5.21. The van der Waals surface area contributed by atoms with E-state index in [9.17, 15) is 4.79 Å². The minimum atomic E-state index is -0.0203. The van der Waals surface area contributed by atoms with Crippen LogP contribution in [0.1, 0.15) is 26.2 Å². The lowest BCUT2D eigenvalue weighted by molar-refractivity contribution is -0.120. The first kappa shape index (κ1) is 13.3. The minimum Gasteiger partial charge on any atom is -0.355 e. The fourth-order valence-electron chi connectivity index (χ4n) is 0.879. The van der Waals surface area contributed by atoms with E-state index in [0.717, 1.165) is 19.4 Å². The number of nitrogens with one attached hydrogen (secondary N) is 1. The highest BCUT2D eigenvalue weighted by Gasteiger charge is 2.10. The van der Waals surface area contributed by atoms with Gasteiger partial charge in [0.1, 0.15) is 0 Å². The number of amides is 1. The molecule has 2 nitrogen and oxygen atoms in total. The van der Waals surface area contributed by atoms with Crippen molar-refractivity contribution in [2.45, 2.75) is 31.0 Å². The van der Waals surface area contributed by atoms with Gasteiger partial charge in [-0.2, -0.15) is 11.8 Å². The van der Waals surface area contributed by atoms with Gasteiger partial charge in [0.2, 0.25) is 5.91 Å². The third-order valence-electron chi connectivity index (χ3n) is 1.72. The van der Waals surface area contributed by atoms with Gasteiger partial charge in [-0.25, -0.2) is 0 Å². The third kappa shape index (κ3) is 7.38. The molecule has 0 aromatic rings. The molecule has 0 aliphatic rings. The van der Waals surface area contributed by atoms with Crippen molar-refractivity contribution in [2.75, 3.05) is 18.6 Å². The molecule has 13 heavy (non-hydrogen) atoms. The van der Waals surface area contributed by atoms with Crippen LogP contribution in [0.3, 0.4) is 0 Å². The summed E-state index contributed by atoms with van der Waals surface area (Å²) in [5.74, 6) is 1.30. The Bertz CT molecular complexity index is 144. The highest BCUT2D eigenvalue weighted by Crippen LogP contribution is 2.04. The maximum absolute atomic E-state index is 11.2. The van der Waals surface area contributed by atoms with Crippen LogP contribution < -0.4 is 5.32 Å². The number of alkyl halides is 1. The average Bonchev–Trinajstić information content (AvgIpc) is 2.16. The second-order valence-electron chi connectivity index (χ2n) is 2.87. The van der Waals surface area contributed by atoms with Crippen molar-refractivity contribution in [3.63, 3.8) is 0 Å². The van der Waals surface area contributed by atoms with Crippen molar-refractivity contribution >= 4 is 33.6 Å². The van der Waals surface area contributed by atoms with E-state index >= 15 is 0 Å². The lowest BCUT2D eigenvalue weighted by Crippen LogP contribution is -2.31. The smallest absolute Gasteiger partial charge is 0.233 e. The molecule has 0 saturated carbocycles. The molecule has 1 N–H and O–H groups in total. The predicted octanol–water partition coefficient (Wildman–Crippen LogP) is 2.42. The molecule has 0 radical (unpaired) electrons. The number of carbonyl (C=O) groups is 1. The van der Waals surface area contributed by atoms with E-state index in [2.05, 4.69) is 27.5 Å². The fourth-order valence-corrected chi connectivity index (χ4v) is 1.53. The van der Waals surface area contributed by atoms with E-state index in [1.807, 2.05) is 18.7 Å². The summed E-state index contributed by atoms with van der Waals surface area (Å²) in [5.41, 5.74) is 0. The van der Waals surface area contributed by atoms with Crippen LogP contribution >= 0.6 is 27.7 Å². The highest BCUT2D eigenvalue weighted by atomic mass is 79.9. The van der Waals surface area contributed by atoms with E-state index in [1.165, 1.54) is 12.2 Å². The molecule has 0 spiro atoms. The first-order valence-electron chi connectivity index (χ1n) is 4.63. The quantitative estimate of drug-likeness (QED) is 0.567. The van der Waals surface area contributed by atoms with Gasteiger partial charge in [0.05, 0.1) is 4.83 Å². The monoisotopic (exact) mass is 267 g/mol. The van der Waals surface area contributed by atoms with Gasteiger partial charge in [-0.05, 0) is 31.3 Å². The topological polar surface area (TPSA) is 29.1 Å². The van der Waals surface area contributed by atoms with E-state index in [-0.39, 0.29) is 10.7 Å². The van der Waals surface area contributed by atoms with E-state index < -0.39 is 0 Å². The van der Waals surface area contributed by atoms with Gasteiger partial charge < -0.3 is 5.32 Å². The summed E-state index contributed by atoms with van der Waals surface area (Å²) in [4.78, 5) is 11.2. The van der Waals surface area contributed by atoms with Crippen molar-refractivity contribution in [2.24, 2.45) is 0 Å². The van der Waals surface area contributed by atoms with Crippen LogP contribution in [-0.2, 0) is 4.79 Å². The molecule has 0 aliphatic carbocycles. The summed E-state index contributed by atoms with van der Waals surface area (Å²) >= 11 is 5.16. The Labute approximate surface area is 93.4 Å². The van der Waals surface area contributed by atoms with Crippen LogP contribution in [-0.4, -0.2) is 29.3 Å². The molecule has 0 rings (SSSR count). The van der Waals surface area contributed by atoms with E-state index in [1.54, 1.807) is 0 Å². The Morgan fingerprint density at radius 1 is 1.54 bits per heavy atom. The lowest BCUT2D eigenvalue weighted by atomic mass is 10.3. The molecule has 4 heteroatoms. The van der Waals surface area contributed by atoms with Gasteiger partial charge in [0.15, 0.2) is 0 Å². The summed E-state index contributed by atoms with van der Waals surface area (Å²) in [6, 6.07) is 0. The Morgan fingerprint density at radius 3 is 2.77 bits per heavy atom. The van der Waals surface area contributed by atoms with Crippen LogP contribution in [0.4, 0.5) is 0 Å². The first-order chi connectivity index (χ1) is 6.22. The van der Waals surface area contributed by atoms with Gasteiger partial charge in [0, 0.05) is 6.54 Å². The Hall–Kier alpha value is 0.300. The standard InChI is InChI=1S/C9H18BrNOS/c1-3-8(10)9(12)11-6-4-5-7-13-2/h8H,3-7H2,1-2H3,(H,11,12). The van der Waals surface area contributed by atoms with Gasteiger partial charge in [0.25, 0.3) is 0 Å². The average molecular weight is 268 g/mol.